The van der Waals surface area contributed by atoms with E-state index in [4.69, 9.17) is 4.43 Å². The minimum absolute atomic E-state index is 0.770. The summed E-state index contributed by atoms with van der Waals surface area (Å²) in [6, 6.07) is 0. The molecular formula is C8H16OSi. The largest absolute Gasteiger partial charge is 0.413 e. The molecule has 0 heterocycles. The summed E-state index contributed by atoms with van der Waals surface area (Å²) in [5.74, 6) is 0. The first-order valence-electron chi connectivity index (χ1n) is 3.50. The van der Waals surface area contributed by atoms with E-state index in [1.54, 1.807) is 6.08 Å². The first-order chi connectivity index (χ1) is 4.54. The van der Waals surface area contributed by atoms with Crippen molar-refractivity contribution in [2.45, 2.75) is 20.0 Å². The van der Waals surface area contributed by atoms with E-state index in [2.05, 4.69) is 26.3 Å². The van der Waals surface area contributed by atoms with Crippen LogP contribution in [0.4, 0.5) is 0 Å². The Hall–Kier alpha value is -0.343. The van der Waals surface area contributed by atoms with Gasteiger partial charge in [-0.25, -0.2) is 0 Å². The molecule has 0 aliphatic rings. The molecule has 0 saturated heterocycles. The predicted molar refractivity (Wildman–Crippen MR) is 48.4 cm³/mol. The van der Waals surface area contributed by atoms with Crippen molar-refractivity contribution in [3.05, 3.63) is 24.4 Å². The average Bonchev–Trinajstić information content (AvgIpc) is 1.86. The van der Waals surface area contributed by atoms with Gasteiger partial charge >= 0.3 is 0 Å². The number of rotatable bonds is 4. The summed E-state index contributed by atoms with van der Waals surface area (Å²) >= 11 is 0. The molecule has 0 atom stereocenters. The number of hydrogen-bond donors (Lipinski definition) is 0. The van der Waals surface area contributed by atoms with Crippen molar-refractivity contribution >= 4 is 8.32 Å². The monoisotopic (exact) mass is 156 g/mol. The zero-order valence-electron chi connectivity index (χ0n) is 7.11. The maximum Gasteiger partial charge on any atom is 0.217 e. The van der Waals surface area contributed by atoms with Crippen LogP contribution < -0.4 is 0 Å². The third kappa shape index (κ3) is 2.50. The summed E-state index contributed by atoms with van der Waals surface area (Å²) in [7, 11) is -1.62. The normalized spacial score (nSPS) is 11.1. The zero-order chi connectivity index (χ0) is 8.20. The molecule has 0 amide bonds. The minimum atomic E-state index is -1.62. The Morgan fingerprint density at radius 3 is 2.40 bits per heavy atom. The van der Waals surface area contributed by atoms with E-state index in [-0.39, 0.29) is 0 Å². The van der Waals surface area contributed by atoms with Gasteiger partial charge < -0.3 is 4.43 Å². The van der Waals surface area contributed by atoms with Crippen LogP contribution in [0.2, 0.25) is 13.1 Å². The highest BCUT2D eigenvalue weighted by molar-refractivity contribution is 6.79. The standard InChI is InChI=1S/C8H16OSi/c1-6-8(3)10(4,5)9-7-2/h6H,1,3,7H2,2,4-5H3. The molecule has 10 heavy (non-hydrogen) atoms. The Morgan fingerprint density at radius 1 is 1.60 bits per heavy atom. The number of allylic oxidation sites excluding steroid dienone is 2. The highest BCUT2D eigenvalue weighted by Gasteiger charge is 2.23. The summed E-state index contributed by atoms with van der Waals surface area (Å²) < 4.78 is 5.55. The van der Waals surface area contributed by atoms with Gasteiger partial charge in [0.2, 0.25) is 8.32 Å². The van der Waals surface area contributed by atoms with Crippen molar-refractivity contribution in [1.29, 1.82) is 0 Å². The van der Waals surface area contributed by atoms with Gasteiger partial charge in [-0.2, -0.15) is 0 Å². The molecule has 0 spiro atoms. The molecule has 0 aromatic heterocycles. The molecule has 0 aliphatic heterocycles. The Balaban J connectivity index is 4.08. The van der Waals surface area contributed by atoms with E-state index in [1.807, 2.05) is 6.92 Å². The third-order valence-corrected chi connectivity index (χ3v) is 4.29. The smallest absolute Gasteiger partial charge is 0.217 e. The Labute approximate surface area is 64.5 Å². The molecule has 0 aromatic rings. The van der Waals surface area contributed by atoms with Crippen LogP contribution >= 0.6 is 0 Å². The van der Waals surface area contributed by atoms with E-state index in [0.717, 1.165) is 11.8 Å². The van der Waals surface area contributed by atoms with Crippen LogP contribution in [0, 0.1) is 0 Å². The van der Waals surface area contributed by atoms with Crippen LogP contribution in [-0.2, 0) is 4.43 Å². The first-order valence-corrected chi connectivity index (χ1v) is 6.41. The molecule has 58 valence electrons. The molecule has 0 saturated carbocycles. The lowest BCUT2D eigenvalue weighted by molar-refractivity contribution is 0.336. The van der Waals surface area contributed by atoms with Gasteiger partial charge in [-0.1, -0.05) is 19.2 Å². The molecule has 0 fully saturated rings. The quantitative estimate of drug-likeness (QED) is 0.449. The topological polar surface area (TPSA) is 9.23 Å². The highest BCUT2D eigenvalue weighted by atomic mass is 28.4. The second kappa shape index (κ2) is 3.74. The minimum Gasteiger partial charge on any atom is -0.413 e. The van der Waals surface area contributed by atoms with Gasteiger partial charge in [-0.05, 0) is 25.2 Å². The summed E-state index contributed by atoms with van der Waals surface area (Å²) in [4.78, 5) is 0. The van der Waals surface area contributed by atoms with Gasteiger partial charge in [-0.3, -0.25) is 0 Å². The van der Waals surface area contributed by atoms with Gasteiger partial charge in [0.15, 0.2) is 0 Å². The van der Waals surface area contributed by atoms with Crippen molar-refractivity contribution in [2.75, 3.05) is 6.61 Å². The summed E-state index contributed by atoms with van der Waals surface area (Å²) in [6.45, 7) is 14.6. The summed E-state index contributed by atoms with van der Waals surface area (Å²) in [6.07, 6.45) is 1.79. The molecular weight excluding hydrogens is 140 g/mol. The first kappa shape index (κ1) is 9.66. The maximum atomic E-state index is 5.55. The highest BCUT2D eigenvalue weighted by Crippen LogP contribution is 2.14. The molecule has 1 nitrogen and oxygen atoms in total. The van der Waals surface area contributed by atoms with E-state index in [9.17, 15) is 0 Å². The molecule has 0 aromatic carbocycles. The van der Waals surface area contributed by atoms with Gasteiger partial charge in [0.25, 0.3) is 0 Å². The molecule has 0 unspecified atom stereocenters. The van der Waals surface area contributed by atoms with Crippen LogP contribution in [-0.4, -0.2) is 14.9 Å². The Kier molecular flexibility index (Phi) is 3.61. The van der Waals surface area contributed by atoms with Crippen LogP contribution in [0.1, 0.15) is 6.92 Å². The van der Waals surface area contributed by atoms with Gasteiger partial charge in [0.05, 0.1) is 0 Å². The second-order valence-corrected chi connectivity index (χ2v) is 6.62. The van der Waals surface area contributed by atoms with Gasteiger partial charge in [0, 0.05) is 6.61 Å². The second-order valence-electron chi connectivity index (χ2n) is 2.67. The fourth-order valence-corrected chi connectivity index (χ4v) is 2.10. The average molecular weight is 156 g/mol. The van der Waals surface area contributed by atoms with Crippen molar-refractivity contribution in [3.63, 3.8) is 0 Å². The van der Waals surface area contributed by atoms with E-state index >= 15 is 0 Å². The molecule has 0 radical (unpaired) electrons. The van der Waals surface area contributed by atoms with Crippen molar-refractivity contribution < 1.29 is 4.43 Å². The van der Waals surface area contributed by atoms with Crippen LogP contribution in [0.15, 0.2) is 24.4 Å². The molecule has 0 aliphatic carbocycles. The summed E-state index contributed by atoms with van der Waals surface area (Å²) in [5.41, 5.74) is 0. The molecule has 0 bridgehead atoms. The lowest BCUT2D eigenvalue weighted by Gasteiger charge is -2.21. The SMILES string of the molecule is C=CC(=C)[Si](C)(C)OCC. The van der Waals surface area contributed by atoms with Crippen LogP contribution in [0.25, 0.3) is 0 Å². The van der Waals surface area contributed by atoms with Gasteiger partial charge in [0.1, 0.15) is 0 Å². The molecule has 2 heteroatoms. The lowest BCUT2D eigenvalue weighted by Crippen LogP contribution is -2.32. The van der Waals surface area contributed by atoms with E-state index in [1.165, 1.54) is 0 Å². The number of hydrogen-bond acceptors (Lipinski definition) is 1. The third-order valence-electron chi connectivity index (χ3n) is 1.52. The fraction of sp³-hybridized carbons (Fsp3) is 0.500. The molecule has 0 N–H and O–H groups in total. The zero-order valence-corrected chi connectivity index (χ0v) is 8.11. The van der Waals surface area contributed by atoms with Crippen molar-refractivity contribution in [3.8, 4) is 0 Å². The van der Waals surface area contributed by atoms with E-state index in [0.29, 0.717) is 0 Å². The Bertz CT molecular complexity index is 138. The Morgan fingerprint density at radius 2 is 2.10 bits per heavy atom. The van der Waals surface area contributed by atoms with E-state index < -0.39 is 8.32 Å². The predicted octanol–water partition coefficient (Wildman–Crippen LogP) is 2.51. The summed E-state index contributed by atoms with van der Waals surface area (Å²) in [5, 5.41) is 1.06. The van der Waals surface area contributed by atoms with Crippen molar-refractivity contribution in [2.24, 2.45) is 0 Å². The van der Waals surface area contributed by atoms with Gasteiger partial charge in [-0.15, -0.1) is 0 Å². The maximum absolute atomic E-state index is 5.55. The van der Waals surface area contributed by atoms with Crippen LogP contribution in [0.3, 0.4) is 0 Å². The van der Waals surface area contributed by atoms with Crippen LogP contribution in [0.5, 0.6) is 0 Å². The van der Waals surface area contributed by atoms with Crippen molar-refractivity contribution in [1.82, 2.24) is 0 Å². The molecule has 0 rings (SSSR count). The fourth-order valence-electron chi connectivity index (χ4n) is 0.699. The lowest BCUT2D eigenvalue weighted by atomic mass is 10.6.